The lowest BCUT2D eigenvalue weighted by atomic mass is 10.1. The SMILES string of the molecule is CN=C(NCc1ccc(S(C)(=O)=O)c(C)c1)NCC1CCCN1CCOC.I. The van der Waals surface area contributed by atoms with Crippen LogP contribution < -0.4 is 10.6 Å². The second-order valence-corrected chi connectivity index (χ2v) is 8.99. The number of benzene rings is 1. The van der Waals surface area contributed by atoms with E-state index in [1.807, 2.05) is 19.1 Å². The van der Waals surface area contributed by atoms with E-state index >= 15 is 0 Å². The molecule has 1 atom stereocenters. The molecule has 28 heavy (non-hydrogen) atoms. The minimum absolute atomic E-state index is 0. The molecule has 7 nitrogen and oxygen atoms in total. The minimum Gasteiger partial charge on any atom is -0.383 e. The van der Waals surface area contributed by atoms with Crippen LogP contribution in [0, 0.1) is 6.92 Å². The zero-order valence-electron chi connectivity index (χ0n) is 17.2. The average Bonchev–Trinajstić information content (AvgIpc) is 3.06. The molecular formula is C19H33IN4O3S. The van der Waals surface area contributed by atoms with Gasteiger partial charge in [0.2, 0.25) is 0 Å². The van der Waals surface area contributed by atoms with E-state index < -0.39 is 9.84 Å². The summed E-state index contributed by atoms with van der Waals surface area (Å²) in [5.74, 6) is 0.749. The number of likely N-dealkylation sites (tertiary alicyclic amines) is 1. The van der Waals surface area contributed by atoms with Gasteiger partial charge in [-0.05, 0) is 43.5 Å². The van der Waals surface area contributed by atoms with Crippen LogP contribution in [0.3, 0.4) is 0 Å². The Balaban J connectivity index is 0.00000392. The monoisotopic (exact) mass is 524 g/mol. The Bertz CT molecular complexity index is 756. The summed E-state index contributed by atoms with van der Waals surface area (Å²) < 4.78 is 28.6. The summed E-state index contributed by atoms with van der Waals surface area (Å²) in [5, 5.41) is 6.70. The molecule has 160 valence electrons. The maximum Gasteiger partial charge on any atom is 0.191 e. The molecule has 1 aliphatic heterocycles. The van der Waals surface area contributed by atoms with Crippen molar-refractivity contribution < 1.29 is 13.2 Å². The number of aryl methyl sites for hydroxylation is 1. The van der Waals surface area contributed by atoms with Crippen LogP contribution >= 0.6 is 24.0 Å². The van der Waals surface area contributed by atoms with Crippen LogP contribution in [0.2, 0.25) is 0 Å². The first-order valence-electron chi connectivity index (χ1n) is 9.32. The van der Waals surface area contributed by atoms with E-state index in [1.54, 1.807) is 20.2 Å². The van der Waals surface area contributed by atoms with Crippen LogP contribution in [-0.2, 0) is 21.1 Å². The fourth-order valence-electron chi connectivity index (χ4n) is 3.49. The lowest BCUT2D eigenvalue weighted by Gasteiger charge is -2.25. The number of hydrogen-bond donors (Lipinski definition) is 2. The molecule has 1 fully saturated rings. The number of sulfone groups is 1. The highest BCUT2D eigenvalue weighted by molar-refractivity contribution is 14.0. The molecule has 1 aromatic rings. The van der Waals surface area contributed by atoms with Crippen molar-refractivity contribution in [2.75, 3.05) is 46.7 Å². The molecule has 1 aliphatic rings. The first-order valence-corrected chi connectivity index (χ1v) is 11.2. The van der Waals surface area contributed by atoms with E-state index in [0.717, 1.165) is 43.3 Å². The van der Waals surface area contributed by atoms with Gasteiger partial charge in [0.15, 0.2) is 15.8 Å². The van der Waals surface area contributed by atoms with Crippen molar-refractivity contribution in [3.05, 3.63) is 29.3 Å². The number of hydrogen-bond acceptors (Lipinski definition) is 5. The molecule has 2 N–H and O–H groups in total. The molecule has 9 heteroatoms. The van der Waals surface area contributed by atoms with Gasteiger partial charge in [-0.1, -0.05) is 12.1 Å². The number of rotatable bonds is 8. The maximum atomic E-state index is 11.7. The second-order valence-electron chi connectivity index (χ2n) is 7.00. The Morgan fingerprint density at radius 1 is 1.36 bits per heavy atom. The molecule has 1 saturated heterocycles. The molecule has 0 radical (unpaired) electrons. The van der Waals surface area contributed by atoms with E-state index in [9.17, 15) is 8.42 Å². The Hall–Kier alpha value is -0.910. The van der Waals surface area contributed by atoms with E-state index in [0.29, 0.717) is 17.5 Å². The Morgan fingerprint density at radius 2 is 2.11 bits per heavy atom. The Morgan fingerprint density at radius 3 is 2.71 bits per heavy atom. The van der Waals surface area contributed by atoms with Crippen molar-refractivity contribution >= 4 is 39.8 Å². The fourth-order valence-corrected chi connectivity index (χ4v) is 4.45. The van der Waals surface area contributed by atoms with Crippen LogP contribution in [0.5, 0.6) is 0 Å². The van der Waals surface area contributed by atoms with Gasteiger partial charge in [-0.3, -0.25) is 9.89 Å². The summed E-state index contributed by atoms with van der Waals surface area (Å²) in [6, 6.07) is 5.91. The highest BCUT2D eigenvalue weighted by Crippen LogP contribution is 2.17. The van der Waals surface area contributed by atoms with Crippen molar-refractivity contribution in [3.63, 3.8) is 0 Å². The maximum absolute atomic E-state index is 11.7. The van der Waals surface area contributed by atoms with Crippen LogP contribution in [0.25, 0.3) is 0 Å². The van der Waals surface area contributed by atoms with Gasteiger partial charge in [-0.15, -0.1) is 24.0 Å². The zero-order chi connectivity index (χ0) is 19.9. The highest BCUT2D eigenvalue weighted by atomic mass is 127. The largest absolute Gasteiger partial charge is 0.383 e. The van der Waals surface area contributed by atoms with Crippen molar-refractivity contribution in [1.29, 1.82) is 0 Å². The third kappa shape index (κ3) is 7.49. The molecule has 0 saturated carbocycles. The molecular weight excluding hydrogens is 491 g/mol. The number of methoxy groups -OCH3 is 1. The quantitative estimate of drug-likeness (QED) is 0.307. The van der Waals surface area contributed by atoms with Crippen LogP contribution in [-0.4, -0.2) is 72.0 Å². The van der Waals surface area contributed by atoms with Crippen molar-refractivity contribution in [2.24, 2.45) is 4.99 Å². The smallest absolute Gasteiger partial charge is 0.191 e. The predicted octanol–water partition coefficient (Wildman–Crippen LogP) is 1.79. The average molecular weight is 524 g/mol. The third-order valence-corrected chi connectivity index (χ3v) is 6.17. The standard InChI is InChI=1S/C19H32N4O3S.HI/c1-15-12-16(7-8-18(15)27(4,24)25)13-21-19(20-2)22-14-17-6-5-9-23(17)10-11-26-3;/h7-8,12,17H,5-6,9-11,13-14H2,1-4H3,(H2,20,21,22);1H. The van der Waals surface area contributed by atoms with Gasteiger partial charge in [-0.25, -0.2) is 8.42 Å². The summed E-state index contributed by atoms with van der Waals surface area (Å²) in [5.41, 5.74) is 1.78. The van der Waals surface area contributed by atoms with Crippen molar-refractivity contribution in [3.8, 4) is 0 Å². The minimum atomic E-state index is -3.19. The normalized spacial score (nSPS) is 18.0. The molecule has 0 aliphatic carbocycles. The van der Waals surface area contributed by atoms with Crippen LogP contribution in [0.15, 0.2) is 28.1 Å². The molecule has 0 amide bonds. The highest BCUT2D eigenvalue weighted by Gasteiger charge is 2.23. The summed E-state index contributed by atoms with van der Waals surface area (Å²) in [7, 11) is 0.304. The predicted molar refractivity (Wildman–Crippen MR) is 124 cm³/mol. The van der Waals surface area contributed by atoms with E-state index in [4.69, 9.17) is 4.74 Å². The molecule has 0 aromatic heterocycles. The molecule has 1 heterocycles. The van der Waals surface area contributed by atoms with Gasteiger partial charge in [-0.2, -0.15) is 0 Å². The van der Waals surface area contributed by atoms with E-state index in [2.05, 4.69) is 20.5 Å². The van der Waals surface area contributed by atoms with E-state index in [1.165, 1.54) is 19.1 Å². The molecule has 0 spiro atoms. The number of nitrogens with zero attached hydrogens (tertiary/aromatic N) is 2. The first-order chi connectivity index (χ1) is 12.8. The lowest BCUT2D eigenvalue weighted by molar-refractivity contribution is 0.141. The first kappa shape index (κ1) is 25.1. The zero-order valence-corrected chi connectivity index (χ0v) is 20.3. The molecule has 1 unspecified atom stereocenters. The van der Waals surface area contributed by atoms with Gasteiger partial charge in [0.25, 0.3) is 0 Å². The van der Waals surface area contributed by atoms with Gasteiger partial charge in [0.1, 0.15) is 0 Å². The van der Waals surface area contributed by atoms with Gasteiger partial charge < -0.3 is 15.4 Å². The van der Waals surface area contributed by atoms with Crippen LogP contribution in [0.4, 0.5) is 0 Å². The number of ether oxygens (including phenoxy) is 1. The number of aliphatic imine (C=N–C) groups is 1. The van der Waals surface area contributed by atoms with Crippen molar-refractivity contribution in [1.82, 2.24) is 15.5 Å². The van der Waals surface area contributed by atoms with Gasteiger partial charge in [0, 0.05) is 46.1 Å². The number of nitrogens with one attached hydrogen (secondary N) is 2. The topological polar surface area (TPSA) is 83.0 Å². The van der Waals surface area contributed by atoms with Crippen molar-refractivity contribution in [2.45, 2.75) is 37.2 Å². The molecule has 2 rings (SSSR count). The second kappa shape index (κ2) is 11.9. The van der Waals surface area contributed by atoms with E-state index in [-0.39, 0.29) is 24.0 Å². The lowest BCUT2D eigenvalue weighted by Crippen LogP contribution is -2.45. The molecule has 1 aromatic carbocycles. The summed E-state index contributed by atoms with van der Waals surface area (Å²) in [6.45, 7) is 6.08. The summed E-state index contributed by atoms with van der Waals surface area (Å²) >= 11 is 0. The number of halogens is 1. The third-order valence-electron chi connectivity index (χ3n) is 4.91. The van der Waals surface area contributed by atoms with Gasteiger partial charge >= 0.3 is 0 Å². The fraction of sp³-hybridized carbons (Fsp3) is 0.632. The summed E-state index contributed by atoms with van der Waals surface area (Å²) in [4.78, 5) is 7.12. The Kier molecular flexibility index (Phi) is 10.7. The Labute approximate surface area is 186 Å². The summed E-state index contributed by atoms with van der Waals surface area (Å²) in [6.07, 6.45) is 3.63. The van der Waals surface area contributed by atoms with Gasteiger partial charge in [0.05, 0.1) is 11.5 Å². The van der Waals surface area contributed by atoms with Crippen LogP contribution in [0.1, 0.15) is 24.0 Å². The molecule has 0 bridgehead atoms. The number of guanidine groups is 1.